The van der Waals surface area contributed by atoms with E-state index in [0.717, 1.165) is 23.8 Å². The summed E-state index contributed by atoms with van der Waals surface area (Å²) >= 11 is 0. The fraction of sp³-hybridized carbons (Fsp3) is 0.400. The van der Waals surface area contributed by atoms with Crippen LogP contribution in [0.25, 0.3) is 0 Å². The highest BCUT2D eigenvalue weighted by Crippen LogP contribution is 2.18. The van der Waals surface area contributed by atoms with Crippen molar-refractivity contribution in [2.75, 3.05) is 27.2 Å². The third kappa shape index (κ3) is 4.55. The van der Waals surface area contributed by atoms with E-state index in [1.807, 2.05) is 43.1 Å². The first-order valence-corrected chi connectivity index (χ1v) is 6.27. The molecule has 0 heterocycles. The summed E-state index contributed by atoms with van der Waals surface area (Å²) in [5.74, 6) is 4.19. The molecule has 0 saturated heterocycles. The Balaban J connectivity index is 2.81. The lowest BCUT2D eigenvalue weighted by molar-refractivity contribution is 0.396. The van der Waals surface area contributed by atoms with Gasteiger partial charge in [-0.05, 0) is 13.0 Å². The highest BCUT2D eigenvalue weighted by atomic mass is 16.5. The molecule has 0 aliphatic heterocycles. The first-order valence-electron chi connectivity index (χ1n) is 6.27. The maximum Gasteiger partial charge on any atom is 0.194 e. The second-order valence-electron chi connectivity index (χ2n) is 4.04. The molecule has 0 atom stereocenters. The van der Waals surface area contributed by atoms with E-state index in [4.69, 9.17) is 11.2 Å². The van der Waals surface area contributed by atoms with Gasteiger partial charge >= 0.3 is 0 Å². The van der Waals surface area contributed by atoms with E-state index in [1.54, 1.807) is 7.11 Å². The minimum atomic E-state index is 0.374. The number of benzene rings is 1. The molecule has 0 aliphatic carbocycles. The zero-order chi connectivity index (χ0) is 14.1. The molecule has 1 rings (SSSR count). The molecule has 19 heavy (non-hydrogen) atoms. The van der Waals surface area contributed by atoms with Gasteiger partial charge in [0.05, 0.1) is 7.11 Å². The predicted octanol–water partition coefficient (Wildman–Crippen LogP) is 1.73. The molecule has 0 bridgehead atoms. The summed E-state index contributed by atoms with van der Waals surface area (Å²) in [4.78, 5) is 6.36. The molecule has 1 aromatic rings. The number of nitrogens with one attached hydrogen (secondary N) is 1. The average molecular weight is 259 g/mol. The van der Waals surface area contributed by atoms with Crippen LogP contribution in [-0.4, -0.2) is 38.1 Å². The summed E-state index contributed by atoms with van der Waals surface area (Å²) in [6.45, 7) is 3.92. The highest BCUT2D eigenvalue weighted by Gasteiger charge is 2.09. The Labute approximate surface area is 115 Å². The highest BCUT2D eigenvalue weighted by molar-refractivity contribution is 5.79. The number of para-hydroxylation sites is 1. The number of terminal acetylenes is 1. The van der Waals surface area contributed by atoms with Crippen molar-refractivity contribution >= 4 is 5.96 Å². The molecule has 0 spiro atoms. The van der Waals surface area contributed by atoms with Crippen LogP contribution in [0.4, 0.5) is 0 Å². The smallest absolute Gasteiger partial charge is 0.194 e. The predicted molar refractivity (Wildman–Crippen MR) is 79.3 cm³/mol. The number of rotatable bonds is 5. The molecule has 1 N–H and O–H groups in total. The van der Waals surface area contributed by atoms with Crippen LogP contribution in [0.2, 0.25) is 0 Å². The van der Waals surface area contributed by atoms with E-state index >= 15 is 0 Å². The first-order chi connectivity index (χ1) is 9.22. The fourth-order valence-electron chi connectivity index (χ4n) is 1.75. The van der Waals surface area contributed by atoms with Crippen molar-refractivity contribution in [1.82, 2.24) is 10.2 Å². The Hall–Kier alpha value is -2.15. The largest absolute Gasteiger partial charge is 0.496 e. The summed E-state index contributed by atoms with van der Waals surface area (Å²) in [6.07, 6.45) is 5.25. The third-order valence-electron chi connectivity index (χ3n) is 2.62. The lowest BCUT2D eigenvalue weighted by Crippen LogP contribution is -2.38. The van der Waals surface area contributed by atoms with Crippen LogP contribution in [0.5, 0.6) is 5.75 Å². The number of methoxy groups -OCH3 is 1. The summed E-state index contributed by atoms with van der Waals surface area (Å²) in [5.41, 5.74) is 1.11. The van der Waals surface area contributed by atoms with Gasteiger partial charge in [0, 0.05) is 25.7 Å². The molecular weight excluding hydrogens is 238 g/mol. The number of guanidine groups is 1. The van der Waals surface area contributed by atoms with Crippen molar-refractivity contribution in [1.29, 1.82) is 0 Å². The molecule has 1 aromatic carbocycles. The topological polar surface area (TPSA) is 36.9 Å². The Morgan fingerprint density at radius 2 is 2.21 bits per heavy atom. The fourth-order valence-corrected chi connectivity index (χ4v) is 1.75. The maximum absolute atomic E-state index is 5.35. The number of nitrogens with zero attached hydrogens (tertiary/aromatic N) is 2. The molecular formula is C15H21N3O. The number of aliphatic imine (C=N–C) groups is 1. The van der Waals surface area contributed by atoms with E-state index in [9.17, 15) is 0 Å². The van der Waals surface area contributed by atoms with Crippen LogP contribution in [0, 0.1) is 12.3 Å². The Bertz CT molecular complexity index is 463. The maximum atomic E-state index is 5.35. The lowest BCUT2D eigenvalue weighted by atomic mass is 10.2. The van der Waals surface area contributed by atoms with Crippen molar-refractivity contribution in [2.24, 2.45) is 4.99 Å². The van der Waals surface area contributed by atoms with Gasteiger partial charge in [0.1, 0.15) is 12.3 Å². The van der Waals surface area contributed by atoms with Crippen LogP contribution in [0.1, 0.15) is 12.5 Å². The molecule has 0 aliphatic rings. The quantitative estimate of drug-likeness (QED) is 0.497. The molecule has 102 valence electrons. The molecule has 0 aromatic heterocycles. The number of hydrogen-bond acceptors (Lipinski definition) is 2. The monoisotopic (exact) mass is 259 g/mol. The third-order valence-corrected chi connectivity index (χ3v) is 2.62. The zero-order valence-electron chi connectivity index (χ0n) is 11.8. The second-order valence-corrected chi connectivity index (χ2v) is 4.04. The van der Waals surface area contributed by atoms with Crippen LogP contribution >= 0.6 is 0 Å². The van der Waals surface area contributed by atoms with Crippen LogP contribution < -0.4 is 10.1 Å². The summed E-state index contributed by atoms with van der Waals surface area (Å²) < 4.78 is 5.35. The zero-order valence-corrected chi connectivity index (χ0v) is 11.8. The van der Waals surface area contributed by atoms with Gasteiger partial charge in [-0.25, -0.2) is 4.99 Å². The van der Waals surface area contributed by atoms with Gasteiger partial charge < -0.3 is 15.0 Å². The summed E-state index contributed by atoms with van der Waals surface area (Å²) in [5, 5.41) is 3.21. The Kier molecular flexibility index (Phi) is 6.31. The molecule has 0 unspecified atom stereocenters. The number of hydrogen-bond donors (Lipinski definition) is 1. The Morgan fingerprint density at radius 1 is 1.47 bits per heavy atom. The molecule has 0 amide bonds. The van der Waals surface area contributed by atoms with Crippen molar-refractivity contribution in [2.45, 2.75) is 13.5 Å². The molecule has 4 nitrogen and oxygen atoms in total. The average Bonchev–Trinajstić information content (AvgIpc) is 2.44. The van der Waals surface area contributed by atoms with Crippen molar-refractivity contribution < 1.29 is 4.74 Å². The van der Waals surface area contributed by atoms with Gasteiger partial charge in [0.2, 0.25) is 0 Å². The van der Waals surface area contributed by atoms with Gasteiger partial charge in [-0.3, -0.25) is 0 Å². The van der Waals surface area contributed by atoms with Gasteiger partial charge in [0.25, 0.3) is 0 Å². The van der Waals surface area contributed by atoms with E-state index < -0.39 is 0 Å². The van der Waals surface area contributed by atoms with E-state index in [1.165, 1.54) is 0 Å². The SMILES string of the molecule is C#CCN=C(NCC)N(C)Cc1ccccc1OC. The van der Waals surface area contributed by atoms with E-state index in [2.05, 4.69) is 16.2 Å². The minimum absolute atomic E-state index is 0.374. The van der Waals surface area contributed by atoms with Crippen molar-refractivity contribution in [3.63, 3.8) is 0 Å². The standard InChI is InChI=1S/C15H21N3O/c1-5-11-17-15(16-6-2)18(3)12-13-9-7-8-10-14(13)19-4/h1,7-10H,6,11-12H2,2-4H3,(H,16,17). The van der Waals surface area contributed by atoms with Gasteiger partial charge in [-0.2, -0.15) is 0 Å². The van der Waals surface area contributed by atoms with E-state index in [-0.39, 0.29) is 0 Å². The van der Waals surface area contributed by atoms with Crippen LogP contribution in [0.15, 0.2) is 29.3 Å². The Morgan fingerprint density at radius 3 is 2.84 bits per heavy atom. The minimum Gasteiger partial charge on any atom is -0.496 e. The van der Waals surface area contributed by atoms with Gasteiger partial charge in [-0.15, -0.1) is 6.42 Å². The van der Waals surface area contributed by atoms with Gasteiger partial charge in [0.15, 0.2) is 5.96 Å². The normalized spacial score (nSPS) is 10.7. The van der Waals surface area contributed by atoms with Crippen molar-refractivity contribution in [3.8, 4) is 18.1 Å². The summed E-state index contributed by atoms with van der Waals surface area (Å²) in [6, 6.07) is 7.95. The molecule has 4 heteroatoms. The van der Waals surface area contributed by atoms with Gasteiger partial charge in [-0.1, -0.05) is 24.1 Å². The summed E-state index contributed by atoms with van der Waals surface area (Å²) in [7, 11) is 3.65. The molecule has 0 fully saturated rings. The number of ether oxygens (including phenoxy) is 1. The van der Waals surface area contributed by atoms with Crippen molar-refractivity contribution in [3.05, 3.63) is 29.8 Å². The second kappa shape index (κ2) is 8.04. The molecule has 0 saturated carbocycles. The lowest BCUT2D eigenvalue weighted by Gasteiger charge is -2.22. The van der Waals surface area contributed by atoms with Crippen LogP contribution in [0.3, 0.4) is 0 Å². The van der Waals surface area contributed by atoms with Crippen LogP contribution in [-0.2, 0) is 6.54 Å². The first kappa shape index (κ1) is 14.9. The molecule has 0 radical (unpaired) electrons. The van der Waals surface area contributed by atoms with E-state index in [0.29, 0.717) is 13.1 Å².